The molecule has 5 heteroatoms. The van der Waals surface area contributed by atoms with E-state index in [-0.39, 0.29) is 0 Å². The van der Waals surface area contributed by atoms with E-state index >= 15 is 0 Å². The van der Waals surface area contributed by atoms with Gasteiger partial charge in [0.15, 0.2) is 0 Å². The van der Waals surface area contributed by atoms with Gasteiger partial charge in [0.05, 0.1) is 7.14 Å². The molecule has 0 spiro atoms. The molecule has 0 amide bonds. The summed E-state index contributed by atoms with van der Waals surface area (Å²) < 4.78 is 10.3. The van der Waals surface area contributed by atoms with Crippen molar-refractivity contribution >= 4 is 87.7 Å². The zero-order valence-corrected chi connectivity index (χ0v) is 19.7. The number of halogens is 2. The summed E-state index contributed by atoms with van der Waals surface area (Å²) >= 11 is 6.21. The van der Waals surface area contributed by atoms with Crippen molar-refractivity contribution in [1.29, 1.82) is 0 Å². The number of phenols is 1. The fourth-order valence-electron chi connectivity index (χ4n) is 3.73. The van der Waals surface area contributed by atoms with Gasteiger partial charge in [-0.3, -0.25) is 0 Å². The topological polar surface area (TPSA) is 33.4 Å². The average molecular weight is 596 g/mol. The Morgan fingerprint density at radius 2 is 1.63 bits per heavy atom. The molecule has 0 fully saturated rings. The SMILES string of the molecule is Cc1oc2cc3sc4ccccc4c3c(-c3cc(I)c(O)c(I)c3)c2c1C. The van der Waals surface area contributed by atoms with Crippen LogP contribution in [0.25, 0.3) is 42.3 Å². The Labute approximate surface area is 187 Å². The van der Waals surface area contributed by atoms with Crippen LogP contribution in [-0.2, 0) is 0 Å². The van der Waals surface area contributed by atoms with Crippen molar-refractivity contribution in [3.05, 3.63) is 60.9 Å². The van der Waals surface area contributed by atoms with Gasteiger partial charge in [-0.05, 0) is 94.4 Å². The van der Waals surface area contributed by atoms with Crippen LogP contribution in [0.2, 0.25) is 0 Å². The molecule has 0 aliphatic heterocycles. The van der Waals surface area contributed by atoms with Gasteiger partial charge in [0.2, 0.25) is 0 Å². The van der Waals surface area contributed by atoms with E-state index < -0.39 is 0 Å². The molecule has 27 heavy (non-hydrogen) atoms. The highest BCUT2D eigenvalue weighted by Crippen LogP contribution is 2.47. The molecule has 0 bridgehead atoms. The maximum Gasteiger partial charge on any atom is 0.142 e. The number of rotatable bonds is 1. The Morgan fingerprint density at radius 1 is 0.926 bits per heavy atom. The molecule has 134 valence electrons. The van der Waals surface area contributed by atoms with E-state index in [1.165, 1.54) is 36.7 Å². The Kier molecular flexibility index (Phi) is 4.18. The molecule has 0 atom stereocenters. The van der Waals surface area contributed by atoms with E-state index in [1.54, 1.807) is 11.3 Å². The molecule has 0 aliphatic rings. The van der Waals surface area contributed by atoms with E-state index in [0.29, 0.717) is 5.75 Å². The molecule has 3 aromatic carbocycles. The fraction of sp³-hybridized carbons (Fsp3) is 0.0909. The first kappa shape index (κ1) is 17.8. The first-order valence-corrected chi connectivity index (χ1v) is 11.5. The number of benzene rings is 3. The number of phenolic OH excluding ortho intramolecular Hbond substituents is 1. The Hall–Kier alpha value is -1.32. The number of aryl methyl sites for hydroxylation is 2. The van der Waals surface area contributed by atoms with Crippen molar-refractivity contribution in [2.75, 3.05) is 0 Å². The summed E-state index contributed by atoms with van der Waals surface area (Å²) in [5, 5.41) is 14.0. The van der Waals surface area contributed by atoms with Crippen LogP contribution in [0.1, 0.15) is 11.3 Å². The molecular weight excluding hydrogens is 582 g/mol. The summed E-state index contributed by atoms with van der Waals surface area (Å²) in [7, 11) is 0. The second kappa shape index (κ2) is 6.35. The Balaban J connectivity index is 2.06. The molecule has 5 aromatic rings. The lowest BCUT2D eigenvalue weighted by atomic mass is 9.94. The van der Waals surface area contributed by atoms with Crippen LogP contribution in [0.15, 0.2) is 46.9 Å². The molecule has 2 heterocycles. The standard InChI is InChI=1S/C22H14I2O2S/c1-10-11(2)26-16-9-18-21(13-5-3-4-6-17(13)27-18)20(19(10)16)12-7-14(23)22(25)15(24)8-12/h3-9,25H,1-2H3. The molecule has 1 N–H and O–H groups in total. The lowest BCUT2D eigenvalue weighted by Crippen LogP contribution is -1.88. The summed E-state index contributed by atoms with van der Waals surface area (Å²) in [6, 6.07) is 14.9. The number of fused-ring (bicyclic) bond motifs is 4. The van der Waals surface area contributed by atoms with Crippen molar-refractivity contribution in [2.24, 2.45) is 0 Å². The number of thiophene rings is 1. The van der Waals surface area contributed by atoms with E-state index in [1.807, 2.05) is 6.92 Å². The normalized spacial score (nSPS) is 11.9. The van der Waals surface area contributed by atoms with Gasteiger partial charge in [-0.2, -0.15) is 0 Å². The van der Waals surface area contributed by atoms with Crippen LogP contribution in [-0.4, -0.2) is 5.11 Å². The zero-order chi connectivity index (χ0) is 18.9. The molecule has 2 aromatic heterocycles. The van der Waals surface area contributed by atoms with Crippen molar-refractivity contribution < 1.29 is 9.52 Å². The summed E-state index contributed by atoms with van der Waals surface area (Å²) in [6.45, 7) is 4.15. The second-order valence-electron chi connectivity index (χ2n) is 6.67. The fourth-order valence-corrected chi connectivity index (χ4v) is 6.64. The maximum absolute atomic E-state index is 10.3. The third kappa shape index (κ3) is 2.61. The Morgan fingerprint density at radius 3 is 2.37 bits per heavy atom. The second-order valence-corrected chi connectivity index (χ2v) is 10.1. The van der Waals surface area contributed by atoms with Crippen LogP contribution < -0.4 is 0 Å². The van der Waals surface area contributed by atoms with Gasteiger partial charge in [-0.15, -0.1) is 11.3 Å². The van der Waals surface area contributed by atoms with E-state index in [4.69, 9.17) is 4.42 Å². The predicted molar refractivity (Wildman–Crippen MR) is 131 cm³/mol. The van der Waals surface area contributed by atoms with Crippen molar-refractivity contribution in [3.8, 4) is 16.9 Å². The first-order valence-electron chi connectivity index (χ1n) is 8.48. The van der Waals surface area contributed by atoms with Crippen LogP contribution in [0, 0.1) is 21.0 Å². The minimum Gasteiger partial charge on any atom is -0.506 e. The number of aromatic hydroxyl groups is 1. The van der Waals surface area contributed by atoms with Crippen LogP contribution in [0.5, 0.6) is 5.75 Å². The number of hydrogen-bond donors (Lipinski definition) is 1. The molecule has 2 nitrogen and oxygen atoms in total. The predicted octanol–water partition coefficient (Wildman–Crippen LogP) is 8.00. The largest absolute Gasteiger partial charge is 0.506 e. The highest BCUT2D eigenvalue weighted by molar-refractivity contribution is 14.1. The average Bonchev–Trinajstić information content (AvgIpc) is 3.14. The molecular formula is C22H14I2O2S. The maximum atomic E-state index is 10.3. The summed E-state index contributed by atoms with van der Waals surface area (Å²) in [4.78, 5) is 0. The van der Waals surface area contributed by atoms with E-state index in [9.17, 15) is 5.11 Å². The van der Waals surface area contributed by atoms with Crippen molar-refractivity contribution in [3.63, 3.8) is 0 Å². The zero-order valence-electron chi connectivity index (χ0n) is 14.6. The number of hydrogen-bond acceptors (Lipinski definition) is 3. The van der Waals surface area contributed by atoms with Crippen molar-refractivity contribution in [1.82, 2.24) is 0 Å². The lowest BCUT2D eigenvalue weighted by molar-refractivity contribution is 0.468. The van der Waals surface area contributed by atoms with Crippen molar-refractivity contribution in [2.45, 2.75) is 13.8 Å². The summed E-state index contributed by atoms with van der Waals surface area (Å²) in [6.07, 6.45) is 0. The molecule has 0 aliphatic carbocycles. The molecule has 0 radical (unpaired) electrons. The van der Waals surface area contributed by atoms with Gasteiger partial charge in [0, 0.05) is 31.1 Å². The van der Waals surface area contributed by atoms with Gasteiger partial charge in [-0.1, -0.05) is 18.2 Å². The van der Waals surface area contributed by atoms with Crippen LogP contribution in [0.3, 0.4) is 0 Å². The Bertz CT molecular complexity index is 1360. The molecule has 0 saturated carbocycles. The highest BCUT2D eigenvalue weighted by atomic mass is 127. The summed E-state index contributed by atoms with van der Waals surface area (Å²) in [5.74, 6) is 1.30. The van der Waals surface area contributed by atoms with Gasteiger partial charge in [0.1, 0.15) is 17.1 Å². The third-order valence-electron chi connectivity index (χ3n) is 5.10. The minimum absolute atomic E-state index is 0.346. The lowest BCUT2D eigenvalue weighted by Gasteiger charge is -2.11. The third-order valence-corrected chi connectivity index (χ3v) is 7.87. The first-order chi connectivity index (χ1) is 13.0. The van der Waals surface area contributed by atoms with E-state index in [2.05, 4.69) is 94.6 Å². The number of furan rings is 1. The molecule has 0 unspecified atom stereocenters. The van der Waals surface area contributed by atoms with Gasteiger partial charge in [-0.25, -0.2) is 0 Å². The molecule has 0 saturated heterocycles. The minimum atomic E-state index is 0.346. The van der Waals surface area contributed by atoms with Gasteiger partial charge < -0.3 is 9.52 Å². The summed E-state index contributed by atoms with van der Waals surface area (Å²) in [5.41, 5.74) is 4.42. The smallest absolute Gasteiger partial charge is 0.142 e. The van der Waals surface area contributed by atoms with E-state index in [0.717, 1.165) is 24.0 Å². The monoisotopic (exact) mass is 596 g/mol. The van der Waals surface area contributed by atoms with Crippen LogP contribution in [0.4, 0.5) is 0 Å². The quantitative estimate of drug-likeness (QED) is 0.199. The molecule has 5 rings (SSSR count). The van der Waals surface area contributed by atoms with Gasteiger partial charge in [0.25, 0.3) is 0 Å². The highest BCUT2D eigenvalue weighted by Gasteiger charge is 2.21. The van der Waals surface area contributed by atoms with Crippen LogP contribution >= 0.6 is 56.5 Å². The van der Waals surface area contributed by atoms with Gasteiger partial charge >= 0.3 is 0 Å².